The third-order valence-electron chi connectivity index (χ3n) is 1.49. The molecule has 1 heterocycles. The number of hydrogen-bond donors (Lipinski definition) is 0. The van der Waals surface area contributed by atoms with Gasteiger partial charge in [-0.05, 0) is 63.6 Å². The monoisotopic (exact) mass is 306 g/mol. The highest BCUT2D eigenvalue weighted by molar-refractivity contribution is 14.1. The van der Waals surface area contributed by atoms with E-state index in [4.69, 9.17) is 16.1 Å². The third-order valence-corrected chi connectivity index (χ3v) is 2.37. The Morgan fingerprint density at radius 1 is 1.23 bits per heavy atom. The number of aromatic nitrogens is 2. The summed E-state index contributed by atoms with van der Waals surface area (Å²) in [7, 11) is 0. The SMILES string of the molecule is Clc1noc(-c2ccc(I)cc2)n1. The summed E-state index contributed by atoms with van der Waals surface area (Å²) < 4.78 is 6.05. The van der Waals surface area contributed by atoms with Crippen molar-refractivity contribution in [3.63, 3.8) is 0 Å². The second-order valence-corrected chi connectivity index (χ2v) is 3.96. The molecule has 0 saturated carbocycles. The van der Waals surface area contributed by atoms with Gasteiger partial charge >= 0.3 is 0 Å². The maximum absolute atomic E-state index is 5.52. The van der Waals surface area contributed by atoms with Crippen molar-refractivity contribution in [3.8, 4) is 11.5 Å². The molecule has 66 valence electrons. The fraction of sp³-hybridized carbons (Fsp3) is 0. The van der Waals surface area contributed by atoms with Gasteiger partial charge in [-0.15, -0.1) is 0 Å². The van der Waals surface area contributed by atoms with Crippen molar-refractivity contribution < 1.29 is 4.52 Å². The molecule has 0 aliphatic carbocycles. The highest BCUT2D eigenvalue weighted by Gasteiger charge is 2.05. The number of benzene rings is 1. The van der Waals surface area contributed by atoms with Gasteiger partial charge in [-0.2, -0.15) is 4.98 Å². The van der Waals surface area contributed by atoms with Crippen LogP contribution in [-0.2, 0) is 0 Å². The molecule has 0 spiro atoms. The summed E-state index contributed by atoms with van der Waals surface area (Å²) >= 11 is 7.75. The standard InChI is InChI=1S/C8H4ClIN2O/c9-8-11-7(13-12-8)5-1-3-6(10)4-2-5/h1-4H. The average molecular weight is 306 g/mol. The van der Waals surface area contributed by atoms with E-state index in [1.807, 2.05) is 24.3 Å². The minimum atomic E-state index is 0.133. The molecule has 0 aliphatic rings. The van der Waals surface area contributed by atoms with Crippen molar-refractivity contribution in [3.05, 3.63) is 33.1 Å². The highest BCUT2D eigenvalue weighted by atomic mass is 127. The Kier molecular flexibility index (Phi) is 2.50. The Morgan fingerprint density at radius 3 is 2.46 bits per heavy atom. The van der Waals surface area contributed by atoms with Crippen LogP contribution in [0.1, 0.15) is 0 Å². The first kappa shape index (κ1) is 8.96. The van der Waals surface area contributed by atoms with Crippen LogP contribution in [0.2, 0.25) is 5.28 Å². The first-order valence-electron chi connectivity index (χ1n) is 3.51. The van der Waals surface area contributed by atoms with Gasteiger partial charge in [-0.1, -0.05) is 0 Å². The largest absolute Gasteiger partial charge is 0.333 e. The van der Waals surface area contributed by atoms with E-state index >= 15 is 0 Å². The average Bonchev–Trinajstić information content (AvgIpc) is 2.53. The van der Waals surface area contributed by atoms with Crippen LogP contribution < -0.4 is 0 Å². The Morgan fingerprint density at radius 2 is 1.92 bits per heavy atom. The lowest BCUT2D eigenvalue weighted by Gasteiger charge is -1.92. The predicted molar refractivity (Wildman–Crippen MR) is 57.5 cm³/mol. The van der Waals surface area contributed by atoms with Crippen molar-refractivity contribution in [1.82, 2.24) is 10.1 Å². The molecule has 0 radical (unpaired) electrons. The summed E-state index contributed by atoms with van der Waals surface area (Å²) in [5, 5.41) is 3.63. The maximum atomic E-state index is 5.52. The minimum Gasteiger partial charge on any atom is -0.333 e. The molecule has 5 heteroatoms. The molecule has 0 fully saturated rings. The van der Waals surface area contributed by atoms with E-state index < -0.39 is 0 Å². The zero-order chi connectivity index (χ0) is 9.26. The first-order valence-corrected chi connectivity index (χ1v) is 4.96. The molecule has 0 saturated heterocycles. The summed E-state index contributed by atoms with van der Waals surface area (Å²) in [4.78, 5) is 3.90. The first-order chi connectivity index (χ1) is 6.25. The van der Waals surface area contributed by atoms with Crippen LogP contribution in [0.3, 0.4) is 0 Å². The number of hydrogen-bond acceptors (Lipinski definition) is 3. The van der Waals surface area contributed by atoms with E-state index in [2.05, 4.69) is 32.7 Å². The summed E-state index contributed by atoms with van der Waals surface area (Å²) in [5.41, 5.74) is 0.875. The van der Waals surface area contributed by atoms with Crippen molar-refractivity contribution >= 4 is 34.2 Å². The van der Waals surface area contributed by atoms with Crippen LogP contribution in [0, 0.1) is 3.57 Å². The van der Waals surface area contributed by atoms with Crippen LogP contribution in [0.5, 0.6) is 0 Å². The molecule has 0 aliphatic heterocycles. The highest BCUT2D eigenvalue weighted by Crippen LogP contribution is 2.19. The Labute approximate surface area is 93.2 Å². The van der Waals surface area contributed by atoms with Crippen LogP contribution in [0.25, 0.3) is 11.5 Å². The molecule has 3 nitrogen and oxygen atoms in total. The van der Waals surface area contributed by atoms with E-state index in [1.165, 1.54) is 0 Å². The van der Waals surface area contributed by atoms with Gasteiger partial charge in [0.2, 0.25) is 0 Å². The smallest absolute Gasteiger partial charge is 0.264 e. The van der Waals surface area contributed by atoms with Gasteiger partial charge in [-0.3, -0.25) is 0 Å². The van der Waals surface area contributed by atoms with Gasteiger partial charge in [-0.25, -0.2) is 0 Å². The Balaban J connectivity index is 2.41. The predicted octanol–water partition coefficient (Wildman–Crippen LogP) is 2.99. The van der Waals surface area contributed by atoms with Gasteiger partial charge in [0, 0.05) is 9.13 Å². The molecule has 2 aromatic rings. The molecule has 0 bridgehead atoms. The van der Waals surface area contributed by atoms with E-state index in [0.717, 1.165) is 9.13 Å². The fourth-order valence-corrected chi connectivity index (χ4v) is 1.39. The molecular formula is C8H4ClIN2O. The van der Waals surface area contributed by atoms with Crippen LogP contribution in [-0.4, -0.2) is 10.1 Å². The second kappa shape index (κ2) is 3.63. The Bertz CT molecular complexity index is 412. The zero-order valence-corrected chi connectivity index (χ0v) is 9.28. The van der Waals surface area contributed by atoms with E-state index in [-0.39, 0.29) is 5.28 Å². The zero-order valence-electron chi connectivity index (χ0n) is 6.37. The number of nitrogens with zero attached hydrogens (tertiary/aromatic N) is 2. The molecule has 0 atom stereocenters. The quantitative estimate of drug-likeness (QED) is 0.760. The summed E-state index contributed by atoms with van der Waals surface area (Å²) in [6.45, 7) is 0. The van der Waals surface area contributed by atoms with Crippen molar-refractivity contribution in [2.75, 3.05) is 0 Å². The summed E-state index contributed by atoms with van der Waals surface area (Å²) in [5.74, 6) is 0.446. The fourth-order valence-electron chi connectivity index (χ4n) is 0.915. The molecule has 0 N–H and O–H groups in total. The van der Waals surface area contributed by atoms with Gasteiger partial charge in [0.25, 0.3) is 11.2 Å². The molecule has 0 unspecified atom stereocenters. The summed E-state index contributed by atoms with van der Waals surface area (Å²) in [6.07, 6.45) is 0. The lowest BCUT2D eigenvalue weighted by atomic mass is 10.2. The maximum Gasteiger partial charge on any atom is 0.264 e. The van der Waals surface area contributed by atoms with E-state index in [0.29, 0.717) is 5.89 Å². The van der Waals surface area contributed by atoms with Gasteiger partial charge < -0.3 is 4.52 Å². The normalized spacial score (nSPS) is 10.3. The van der Waals surface area contributed by atoms with Gasteiger partial charge in [0.15, 0.2) is 0 Å². The van der Waals surface area contributed by atoms with Crippen molar-refractivity contribution in [1.29, 1.82) is 0 Å². The molecule has 13 heavy (non-hydrogen) atoms. The molecule has 2 rings (SSSR count). The van der Waals surface area contributed by atoms with Crippen LogP contribution in [0.4, 0.5) is 0 Å². The van der Waals surface area contributed by atoms with E-state index in [1.54, 1.807) is 0 Å². The lowest BCUT2D eigenvalue weighted by molar-refractivity contribution is 0.430. The second-order valence-electron chi connectivity index (χ2n) is 2.38. The number of rotatable bonds is 1. The van der Waals surface area contributed by atoms with Gasteiger partial charge in [0.1, 0.15) is 0 Å². The molecule has 1 aromatic carbocycles. The molecule has 1 aromatic heterocycles. The lowest BCUT2D eigenvalue weighted by Crippen LogP contribution is -1.77. The number of halogens is 2. The van der Waals surface area contributed by atoms with Crippen LogP contribution in [0.15, 0.2) is 28.8 Å². The van der Waals surface area contributed by atoms with Crippen LogP contribution >= 0.6 is 34.2 Å². The van der Waals surface area contributed by atoms with Gasteiger partial charge in [0.05, 0.1) is 0 Å². The Hall–Kier alpha value is -0.620. The topological polar surface area (TPSA) is 38.9 Å². The van der Waals surface area contributed by atoms with E-state index in [9.17, 15) is 0 Å². The van der Waals surface area contributed by atoms with Crippen molar-refractivity contribution in [2.24, 2.45) is 0 Å². The summed E-state index contributed by atoms with van der Waals surface area (Å²) in [6, 6.07) is 7.75. The minimum absolute atomic E-state index is 0.133. The molecule has 0 amide bonds. The van der Waals surface area contributed by atoms with Crippen molar-refractivity contribution in [2.45, 2.75) is 0 Å². The third kappa shape index (κ3) is 2.00. The molecular weight excluding hydrogens is 302 g/mol.